The van der Waals surface area contributed by atoms with E-state index in [9.17, 15) is 40.3 Å². The van der Waals surface area contributed by atoms with Crippen LogP contribution in [0.1, 0.15) is 22.2 Å². The van der Waals surface area contributed by atoms with Gasteiger partial charge in [-0.15, -0.1) is 23.1 Å². The summed E-state index contributed by atoms with van der Waals surface area (Å²) in [6.07, 6.45) is -5.68. The summed E-state index contributed by atoms with van der Waals surface area (Å²) in [5, 5.41) is 4.94. The molecule has 1 aromatic heterocycles. The van der Waals surface area contributed by atoms with Gasteiger partial charge in [-0.05, 0) is 42.6 Å². The summed E-state index contributed by atoms with van der Waals surface area (Å²) in [6.45, 7) is 1.30. The van der Waals surface area contributed by atoms with Crippen molar-refractivity contribution in [2.45, 2.75) is 23.2 Å². The van der Waals surface area contributed by atoms with Crippen LogP contribution in [0.15, 0.2) is 46.7 Å². The lowest BCUT2D eigenvalue weighted by atomic mass is 10.1. The first-order valence-electron chi connectivity index (χ1n) is 9.25. The Kier molecular flexibility index (Phi) is 7.56. The van der Waals surface area contributed by atoms with Gasteiger partial charge in [-0.3, -0.25) is 9.59 Å². The molecule has 3 rings (SSSR count). The van der Waals surface area contributed by atoms with Gasteiger partial charge >= 0.3 is 6.18 Å². The minimum atomic E-state index is -5.68. The zero-order chi connectivity index (χ0) is 25.2. The maximum atomic E-state index is 14.0. The first-order valence-corrected chi connectivity index (χ1v) is 11.0. The Labute approximate surface area is 196 Å². The minimum absolute atomic E-state index is 0.316. The van der Waals surface area contributed by atoms with Gasteiger partial charge in [0.15, 0.2) is 23.3 Å². The van der Waals surface area contributed by atoms with Gasteiger partial charge in [-0.1, -0.05) is 6.07 Å². The molecule has 3 aromatic rings. The maximum Gasteiger partial charge on any atom is 0.422 e. The van der Waals surface area contributed by atoms with Gasteiger partial charge in [0.05, 0.1) is 10.1 Å². The van der Waals surface area contributed by atoms with Crippen LogP contribution < -0.4 is 10.6 Å². The van der Waals surface area contributed by atoms with Crippen LogP contribution in [0.25, 0.3) is 0 Å². The normalized spacial score (nSPS) is 12.4. The highest BCUT2D eigenvalue weighted by molar-refractivity contribution is 8.00. The number of nitrogens with one attached hydrogen (secondary N) is 2. The number of rotatable bonds is 6. The highest BCUT2D eigenvalue weighted by Crippen LogP contribution is 2.38. The smallest absolute Gasteiger partial charge is 0.321 e. The average Bonchev–Trinajstić information content (AvgIpc) is 3.31. The van der Waals surface area contributed by atoms with E-state index < -0.39 is 51.9 Å². The molecule has 0 fully saturated rings. The number of alkyl halides is 3. The van der Waals surface area contributed by atoms with E-state index in [1.807, 2.05) is 0 Å². The molecule has 0 aliphatic rings. The van der Waals surface area contributed by atoms with E-state index in [4.69, 9.17) is 0 Å². The summed E-state index contributed by atoms with van der Waals surface area (Å²) in [6, 6.07) is 9.52. The van der Waals surface area contributed by atoms with Crippen LogP contribution in [-0.4, -0.2) is 17.1 Å². The Morgan fingerprint density at radius 2 is 1.50 bits per heavy atom. The number of amides is 2. The molecule has 1 unspecified atom stereocenters. The zero-order valence-corrected chi connectivity index (χ0v) is 18.5. The van der Waals surface area contributed by atoms with Crippen molar-refractivity contribution in [2.24, 2.45) is 0 Å². The lowest BCUT2D eigenvalue weighted by Gasteiger charge is -2.16. The number of halogens is 7. The number of anilines is 2. The second-order valence-corrected chi connectivity index (χ2v) is 9.07. The molecule has 13 heteroatoms. The van der Waals surface area contributed by atoms with Crippen molar-refractivity contribution < 1.29 is 40.3 Å². The molecule has 2 N–H and O–H groups in total. The summed E-state index contributed by atoms with van der Waals surface area (Å²) in [5.41, 5.74) is -3.93. The van der Waals surface area contributed by atoms with Gasteiger partial charge in [0.2, 0.25) is 5.91 Å². The second-order valence-electron chi connectivity index (χ2n) is 6.71. The Bertz CT molecular complexity index is 1180. The predicted molar refractivity (Wildman–Crippen MR) is 114 cm³/mol. The molecule has 0 radical (unpaired) electrons. The molecule has 180 valence electrons. The zero-order valence-electron chi connectivity index (χ0n) is 16.9. The van der Waals surface area contributed by atoms with E-state index in [0.717, 1.165) is 11.8 Å². The van der Waals surface area contributed by atoms with Gasteiger partial charge in [-0.25, -0.2) is 17.6 Å². The van der Waals surface area contributed by atoms with Gasteiger partial charge in [0.25, 0.3) is 5.91 Å². The van der Waals surface area contributed by atoms with Crippen molar-refractivity contribution in [3.8, 4) is 0 Å². The number of thioether (sulfide) groups is 1. The third-order valence-electron chi connectivity index (χ3n) is 4.33. The molecule has 4 nitrogen and oxygen atoms in total. The largest absolute Gasteiger partial charge is 0.422 e. The van der Waals surface area contributed by atoms with Gasteiger partial charge < -0.3 is 10.6 Å². The highest BCUT2D eigenvalue weighted by Gasteiger charge is 2.42. The van der Waals surface area contributed by atoms with Crippen LogP contribution >= 0.6 is 23.1 Å². The SMILES string of the molecule is CC(Sc1ccc(NC(=O)c2cccs2)cc1)C(=O)Nc1c(F)c(F)c(C(F)(F)F)c(F)c1F. The molecule has 2 amide bonds. The summed E-state index contributed by atoms with van der Waals surface area (Å²) in [5.74, 6) is -11.5. The van der Waals surface area contributed by atoms with Crippen molar-refractivity contribution in [3.05, 3.63) is 75.5 Å². The summed E-state index contributed by atoms with van der Waals surface area (Å²) in [7, 11) is 0. The molecular formula is C21H13F7N2O2S2. The van der Waals surface area contributed by atoms with Crippen LogP contribution in [-0.2, 0) is 11.0 Å². The lowest BCUT2D eigenvalue weighted by molar-refractivity contribution is -0.143. The van der Waals surface area contributed by atoms with Crippen molar-refractivity contribution in [2.75, 3.05) is 10.6 Å². The molecular weight excluding hydrogens is 509 g/mol. The highest BCUT2D eigenvalue weighted by atomic mass is 32.2. The molecule has 0 aliphatic heterocycles. The molecule has 0 saturated heterocycles. The minimum Gasteiger partial charge on any atom is -0.321 e. The van der Waals surface area contributed by atoms with Gasteiger partial charge in [0.1, 0.15) is 11.3 Å². The monoisotopic (exact) mass is 522 g/mol. The molecule has 1 heterocycles. The van der Waals surface area contributed by atoms with E-state index in [1.54, 1.807) is 35.0 Å². The number of hydrogen-bond donors (Lipinski definition) is 2. The second kappa shape index (κ2) is 10.1. The van der Waals surface area contributed by atoms with Crippen LogP contribution in [0.5, 0.6) is 0 Å². The van der Waals surface area contributed by atoms with Crippen LogP contribution in [0.2, 0.25) is 0 Å². The molecule has 0 bridgehead atoms. The van der Waals surface area contributed by atoms with E-state index >= 15 is 0 Å². The first-order chi connectivity index (χ1) is 15.9. The van der Waals surface area contributed by atoms with Gasteiger partial charge in [-0.2, -0.15) is 13.2 Å². The number of thiophene rings is 1. The molecule has 1 atom stereocenters. The summed E-state index contributed by atoms with van der Waals surface area (Å²) < 4.78 is 93.5. The van der Waals surface area contributed by atoms with Crippen LogP contribution in [0.3, 0.4) is 0 Å². The standard InChI is InChI=1S/C21H13F7N2O2S2/c1-9(34-11-6-4-10(5-7-11)29-20(32)12-3-2-8-33-12)19(31)30-18-16(24)14(22)13(21(26,27)28)15(23)17(18)25/h2-9H,1H3,(H,29,32)(H,30,31). The average molecular weight is 522 g/mol. The lowest BCUT2D eigenvalue weighted by Crippen LogP contribution is -2.25. The van der Waals surface area contributed by atoms with Crippen molar-refractivity contribution >= 4 is 46.3 Å². The molecule has 0 spiro atoms. The molecule has 34 heavy (non-hydrogen) atoms. The first kappa shape index (κ1) is 25.6. The Morgan fingerprint density at radius 1 is 0.912 bits per heavy atom. The Morgan fingerprint density at radius 3 is 2.00 bits per heavy atom. The Hall–Kier alpha value is -3.06. The van der Waals surface area contributed by atoms with Gasteiger partial charge in [0, 0.05) is 10.6 Å². The van der Waals surface area contributed by atoms with Crippen molar-refractivity contribution in [1.82, 2.24) is 0 Å². The number of carbonyl (C=O) groups excluding carboxylic acids is 2. The quantitative estimate of drug-likeness (QED) is 0.215. The van der Waals surface area contributed by atoms with E-state index in [0.29, 0.717) is 15.5 Å². The number of hydrogen-bond acceptors (Lipinski definition) is 4. The third kappa shape index (κ3) is 5.53. The van der Waals surface area contributed by atoms with E-state index in [-0.39, 0.29) is 5.91 Å². The van der Waals surface area contributed by atoms with E-state index in [1.165, 1.54) is 30.4 Å². The predicted octanol–water partition coefficient (Wildman–Crippen LogP) is 6.69. The fourth-order valence-electron chi connectivity index (χ4n) is 2.69. The van der Waals surface area contributed by atoms with Crippen molar-refractivity contribution in [1.29, 1.82) is 0 Å². The number of benzene rings is 2. The van der Waals surface area contributed by atoms with Crippen LogP contribution in [0.4, 0.5) is 42.1 Å². The molecule has 0 aliphatic carbocycles. The fourth-order valence-corrected chi connectivity index (χ4v) is 4.18. The van der Waals surface area contributed by atoms with Crippen LogP contribution in [0, 0.1) is 23.3 Å². The number of carbonyl (C=O) groups is 2. The fraction of sp³-hybridized carbons (Fsp3) is 0.143. The molecule has 0 saturated carbocycles. The Balaban J connectivity index is 1.69. The summed E-state index contributed by atoms with van der Waals surface area (Å²) >= 11 is 2.14. The van der Waals surface area contributed by atoms with Crippen molar-refractivity contribution in [3.63, 3.8) is 0 Å². The molecule has 2 aromatic carbocycles. The summed E-state index contributed by atoms with van der Waals surface area (Å²) in [4.78, 5) is 25.3. The third-order valence-corrected chi connectivity index (χ3v) is 6.31. The maximum absolute atomic E-state index is 14.0. The topological polar surface area (TPSA) is 58.2 Å². The van der Waals surface area contributed by atoms with E-state index in [2.05, 4.69) is 5.32 Å².